The van der Waals surface area contributed by atoms with Crippen molar-refractivity contribution in [2.45, 2.75) is 5.16 Å². The molecule has 2 aromatic heterocycles. The molecule has 3 aromatic carbocycles. The zero-order valence-electron chi connectivity index (χ0n) is 17.6. The summed E-state index contributed by atoms with van der Waals surface area (Å²) in [6.07, 6.45) is 0. The van der Waals surface area contributed by atoms with Crippen molar-refractivity contribution in [2.24, 2.45) is 0 Å². The van der Waals surface area contributed by atoms with E-state index in [4.69, 9.17) is 4.74 Å². The number of methoxy groups -OCH3 is 1. The molecule has 5 aromatic rings. The highest BCUT2D eigenvalue weighted by molar-refractivity contribution is 7.99. The van der Waals surface area contributed by atoms with Crippen molar-refractivity contribution in [1.82, 2.24) is 19.2 Å². The van der Waals surface area contributed by atoms with E-state index in [1.807, 2.05) is 48.5 Å². The number of benzene rings is 3. The number of rotatable bonds is 6. The fraction of sp³-hybridized carbons (Fsp3) is 0.0833. The molecule has 0 bridgehead atoms. The van der Waals surface area contributed by atoms with Gasteiger partial charge >= 0.3 is 0 Å². The van der Waals surface area contributed by atoms with Crippen molar-refractivity contribution >= 4 is 40.0 Å². The van der Waals surface area contributed by atoms with E-state index >= 15 is 0 Å². The molecule has 8 nitrogen and oxygen atoms in total. The SMILES string of the molecule is COc1ccc(-n2c(=O)c3ccccc3n3c(SCC(=O)Nc4ccccc4)nnc23)cc1. The molecule has 1 amide bonds. The van der Waals surface area contributed by atoms with E-state index < -0.39 is 0 Å². The maximum atomic E-state index is 13.4. The van der Waals surface area contributed by atoms with Crippen LogP contribution in [0.15, 0.2) is 88.8 Å². The molecule has 0 aliphatic heterocycles. The van der Waals surface area contributed by atoms with Crippen molar-refractivity contribution in [3.63, 3.8) is 0 Å². The largest absolute Gasteiger partial charge is 0.497 e. The average Bonchev–Trinajstić information content (AvgIpc) is 3.28. The summed E-state index contributed by atoms with van der Waals surface area (Å²) in [5.74, 6) is 1.04. The fourth-order valence-electron chi connectivity index (χ4n) is 3.58. The summed E-state index contributed by atoms with van der Waals surface area (Å²) in [7, 11) is 1.59. The molecule has 0 radical (unpaired) electrons. The summed E-state index contributed by atoms with van der Waals surface area (Å²) in [6.45, 7) is 0. The molecule has 0 unspecified atom stereocenters. The van der Waals surface area contributed by atoms with Crippen LogP contribution in [-0.2, 0) is 4.79 Å². The Labute approximate surface area is 192 Å². The highest BCUT2D eigenvalue weighted by Gasteiger charge is 2.18. The van der Waals surface area contributed by atoms with Gasteiger partial charge in [-0.1, -0.05) is 42.1 Å². The molecule has 164 valence electrons. The minimum absolute atomic E-state index is 0.145. The van der Waals surface area contributed by atoms with Crippen LogP contribution in [0.4, 0.5) is 5.69 Å². The summed E-state index contributed by atoms with van der Waals surface area (Å²) in [6, 6.07) is 23.7. The molecular weight excluding hydrogens is 438 g/mol. The summed E-state index contributed by atoms with van der Waals surface area (Å²) in [4.78, 5) is 25.8. The van der Waals surface area contributed by atoms with E-state index in [9.17, 15) is 9.59 Å². The maximum absolute atomic E-state index is 13.4. The third-order valence-corrected chi connectivity index (χ3v) is 6.04. The second-order valence-electron chi connectivity index (χ2n) is 7.18. The normalized spacial score (nSPS) is 11.1. The zero-order valence-corrected chi connectivity index (χ0v) is 18.5. The lowest BCUT2D eigenvalue weighted by molar-refractivity contribution is -0.113. The number of thioether (sulfide) groups is 1. The van der Waals surface area contributed by atoms with Crippen molar-refractivity contribution in [1.29, 1.82) is 0 Å². The van der Waals surface area contributed by atoms with Crippen LogP contribution in [0.25, 0.3) is 22.4 Å². The van der Waals surface area contributed by atoms with Crippen molar-refractivity contribution in [3.05, 3.63) is 89.2 Å². The molecule has 0 atom stereocenters. The molecule has 0 spiro atoms. The predicted octanol–water partition coefficient (Wildman–Crippen LogP) is 3.77. The van der Waals surface area contributed by atoms with Gasteiger partial charge in [-0.05, 0) is 48.5 Å². The van der Waals surface area contributed by atoms with Gasteiger partial charge in [0, 0.05) is 5.69 Å². The maximum Gasteiger partial charge on any atom is 0.267 e. The Morgan fingerprint density at radius 3 is 2.45 bits per heavy atom. The van der Waals surface area contributed by atoms with Gasteiger partial charge in [0.2, 0.25) is 11.7 Å². The zero-order chi connectivity index (χ0) is 22.8. The van der Waals surface area contributed by atoms with Crippen LogP contribution in [0, 0.1) is 0 Å². The smallest absolute Gasteiger partial charge is 0.267 e. The quantitative estimate of drug-likeness (QED) is 0.391. The number of hydrogen-bond donors (Lipinski definition) is 1. The van der Waals surface area contributed by atoms with Gasteiger partial charge in [0.15, 0.2) is 5.16 Å². The van der Waals surface area contributed by atoms with Gasteiger partial charge in [0.05, 0.1) is 29.5 Å². The van der Waals surface area contributed by atoms with Crippen LogP contribution in [0.5, 0.6) is 5.75 Å². The van der Waals surface area contributed by atoms with Gasteiger partial charge in [-0.3, -0.25) is 14.0 Å². The van der Waals surface area contributed by atoms with E-state index in [2.05, 4.69) is 15.5 Å². The monoisotopic (exact) mass is 457 g/mol. The molecule has 0 aliphatic rings. The van der Waals surface area contributed by atoms with Gasteiger partial charge in [-0.15, -0.1) is 10.2 Å². The molecular formula is C24H19N5O3S. The lowest BCUT2D eigenvalue weighted by Gasteiger charge is -2.12. The number of nitrogens with one attached hydrogen (secondary N) is 1. The third kappa shape index (κ3) is 3.94. The Morgan fingerprint density at radius 1 is 0.970 bits per heavy atom. The van der Waals surface area contributed by atoms with Gasteiger partial charge in [-0.2, -0.15) is 0 Å². The van der Waals surface area contributed by atoms with Crippen molar-refractivity contribution in [3.8, 4) is 11.4 Å². The molecule has 1 N–H and O–H groups in total. The molecule has 2 heterocycles. The van der Waals surface area contributed by atoms with Gasteiger partial charge in [0.1, 0.15) is 5.75 Å². The first-order valence-corrected chi connectivity index (χ1v) is 11.2. The van der Waals surface area contributed by atoms with Crippen molar-refractivity contribution in [2.75, 3.05) is 18.2 Å². The van der Waals surface area contributed by atoms with E-state index in [-0.39, 0.29) is 17.2 Å². The Balaban J connectivity index is 1.56. The first kappa shape index (κ1) is 20.8. The molecule has 0 saturated carbocycles. The number of amides is 1. The van der Waals surface area contributed by atoms with Crippen LogP contribution in [0.1, 0.15) is 0 Å². The number of anilines is 1. The highest BCUT2D eigenvalue weighted by atomic mass is 32.2. The number of carbonyl (C=O) groups is 1. The Bertz CT molecular complexity index is 1510. The Hall–Kier alpha value is -4.11. The number of ether oxygens (including phenoxy) is 1. The average molecular weight is 458 g/mol. The number of para-hydroxylation sites is 2. The van der Waals surface area contributed by atoms with Gasteiger partial charge < -0.3 is 10.1 Å². The van der Waals surface area contributed by atoms with E-state index in [0.29, 0.717) is 33.3 Å². The summed E-state index contributed by atoms with van der Waals surface area (Å²) >= 11 is 1.26. The van der Waals surface area contributed by atoms with Crippen LogP contribution in [-0.4, -0.2) is 37.9 Å². The Morgan fingerprint density at radius 2 is 1.70 bits per heavy atom. The summed E-state index contributed by atoms with van der Waals surface area (Å²) < 4.78 is 8.56. The third-order valence-electron chi connectivity index (χ3n) is 5.12. The first-order chi connectivity index (χ1) is 16.2. The molecule has 0 aliphatic carbocycles. The van der Waals surface area contributed by atoms with Crippen LogP contribution >= 0.6 is 11.8 Å². The summed E-state index contributed by atoms with van der Waals surface area (Å²) in [5, 5.41) is 12.5. The molecule has 9 heteroatoms. The molecule has 5 rings (SSSR count). The van der Waals surface area contributed by atoms with Crippen LogP contribution in [0.2, 0.25) is 0 Å². The van der Waals surface area contributed by atoms with Gasteiger partial charge in [0.25, 0.3) is 5.56 Å². The fourth-order valence-corrected chi connectivity index (χ4v) is 4.32. The lowest BCUT2D eigenvalue weighted by Crippen LogP contribution is -2.22. The van der Waals surface area contributed by atoms with Crippen molar-refractivity contribution < 1.29 is 9.53 Å². The number of aromatic nitrogens is 4. The van der Waals surface area contributed by atoms with E-state index in [1.165, 1.54) is 16.3 Å². The minimum Gasteiger partial charge on any atom is -0.497 e. The van der Waals surface area contributed by atoms with Gasteiger partial charge in [-0.25, -0.2) is 4.57 Å². The lowest BCUT2D eigenvalue weighted by atomic mass is 10.2. The standard InChI is InChI=1S/C24H19N5O3S/c1-32-18-13-11-17(12-14-18)28-22(31)19-9-5-6-10-20(19)29-23(28)26-27-24(29)33-15-21(30)25-16-7-3-2-4-8-16/h2-14H,15H2,1H3,(H,25,30). The van der Waals surface area contributed by atoms with E-state index in [0.717, 1.165) is 5.69 Å². The van der Waals surface area contributed by atoms with Crippen LogP contribution in [0.3, 0.4) is 0 Å². The Kier molecular flexibility index (Phi) is 5.54. The number of nitrogens with zero attached hydrogens (tertiary/aromatic N) is 4. The number of carbonyl (C=O) groups excluding carboxylic acids is 1. The number of fused-ring (bicyclic) bond motifs is 3. The van der Waals surface area contributed by atoms with Crippen LogP contribution < -0.4 is 15.6 Å². The second kappa shape index (κ2) is 8.79. The second-order valence-corrected chi connectivity index (χ2v) is 8.12. The molecule has 0 fully saturated rings. The molecule has 33 heavy (non-hydrogen) atoms. The summed E-state index contributed by atoms with van der Waals surface area (Å²) in [5.41, 5.74) is 1.85. The first-order valence-electron chi connectivity index (χ1n) is 10.2. The number of hydrogen-bond acceptors (Lipinski definition) is 6. The van der Waals surface area contributed by atoms with E-state index in [1.54, 1.807) is 41.8 Å². The highest BCUT2D eigenvalue weighted by Crippen LogP contribution is 2.24. The predicted molar refractivity (Wildman–Crippen MR) is 128 cm³/mol. The molecule has 0 saturated heterocycles. The topological polar surface area (TPSA) is 90.5 Å². The minimum atomic E-state index is -0.200.